The molecule has 2 aliphatic rings. The molecule has 1 heterocycles. The molecule has 0 aliphatic heterocycles. The van der Waals surface area contributed by atoms with Gasteiger partial charge in [0.05, 0.1) is 18.2 Å². The first-order valence-corrected chi connectivity index (χ1v) is 10.9. The van der Waals surface area contributed by atoms with Crippen LogP contribution < -0.4 is 5.32 Å². The van der Waals surface area contributed by atoms with Crippen LogP contribution in [0.15, 0.2) is 42.7 Å². The summed E-state index contributed by atoms with van der Waals surface area (Å²) < 4.78 is 0. The van der Waals surface area contributed by atoms with Crippen molar-refractivity contribution in [2.24, 2.45) is 5.92 Å². The summed E-state index contributed by atoms with van der Waals surface area (Å²) in [6.07, 6.45) is 11.0. The van der Waals surface area contributed by atoms with Crippen LogP contribution in [-0.4, -0.2) is 29.6 Å². The number of pyridine rings is 1. The number of rotatable bonds is 7. The maximum Gasteiger partial charge on any atom is 0.253 e. The van der Waals surface area contributed by atoms with Crippen molar-refractivity contribution in [3.8, 4) is 11.1 Å². The molecule has 2 fully saturated rings. The molecule has 1 aromatic carbocycles. The van der Waals surface area contributed by atoms with Gasteiger partial charge in [-0.3, -0.25) is 9.78 Å². The van der Waals surface area contributed by atoms with Gasteiger partial charge in [0.15, 0.2) is 0 Å². The Balaban J connectivity index is 1.37. The number of carbonyl (C=O) groups excluding carboxylic acids is 1. The highest BCUT2D eigenvalue weighted by atomic mass is 35.5. The molecule has 5 nitrogen and oxygen atoms in total. The van der Waals surface area contributed by atoms with Gasteiger partial charge in [0.2, 0.25) is 0 Å². The Hall–Kier alpha value is -1.95. The van der Waals surface area contributed by atoms with E-state index < -0.39 is 0 Å². The molecule has 0 unspecified atom stereocenters. The van der Waals surface area contributed by atoms with Crippen molar-refractivity contribution in [3.63, 3.8) is 0 Å². The van der Waals surface area contributed by atoms with Gasteiger partial charge in [-0.25, -0.2) is 9.78 Å². The van der Waals surface area contributed by atoms with Crippen molar-refractivity contribution < 1.29 is 14.6 Å². The number of hydrogen-bond donors (Lipinski definition) is 1. The Morgan fingerprint density at radius 3 is 2.59 bits per heavy atom. The van der Waals surface area contributed by atoms with Crippen LogP contribution >= 0.6 is 11.6 Å². The van der Waals surface area contributed by atoms with E-state index in [4.69, 9.17) is 21.4 Å². The van der Waals surface area contributed by atoms with Gasteiger partial charge < -0.3 is 5.32 Å². The second kappa shape index (κ2) is 9.70. The molecule has 0 bridgehead atoms. The number of hydrogen-bond acceptors (Lipinski definition) is 4. The van der Waals surface area contributed by atoms with E-state index in [-0.39, 0.29) is 18.1 Å². The largest absolute Gasteiger partial charge is 0.347 e. The van der Waals surface area contributed by atoms with E-state index in [1.54, 1.807) is 12.4 Å². The lowest BCUT2D eigenvalue weighted by Gasteiger charge is -2.32. The van der Waals surface area contributed by atoms with Gasteiger partial charge in [-0.1, -0.05) is 43.0 Å². The van der Waals surface area contributed by atoms with E-state index in [1.807, 2.05) is 30.3 Å². The minimum Gasteiger partial charge on any atom is -0.347 e. The molecule has 2 aliphatic carbocycles. The molecule has 2 atom stereocenters. The number of benzene rings is 1. The maximum absolute atomic E-state index is 12.9. The summed E-state index contributed by atoms with van der Waals surface area (Å²) in [5, 5.41) is 3.81. The van der Waals surface area contributed by atoms with Crippen LogP contribution in [0.4, 0.5) is 0 Å². The van der Waals surface area contributed by atoms with E-state index in [0.717, 1.165) is 36.8 Å². The van der Waals surface area contributed by atoms with E-state index in [0.29, 0.717) is 23.1 Å². The van der Waals surface area contributed by atoms with Gasteiger partial charge in [0.1, 0.15) is 6.10 Å². The summed E-state index contributed by atoms with van der Waals surface area (Å²) in [7, 11) is 0. The van der Waals surface area contributed by atoms with Gasteiger partial charge in [-0.05, 0) is 55.4 Å². The molecular formula is C23H27ClN2O3. The van der Waals surface area contributed by atoms with Gasteiger partial charge in [-0.2, -0.15) is 0 Å². The Kier molecular flexibility index (Phi) is 6.80. The summed E-state index contributed by atoms with van der Waals surface area (Å²) in [6, 6.07) is 9.32. The van der Waals surface area contributed by atoms with Crippen molar-refractivity contribution in [3.05, 3.63) is 53.3 Å². The number of aromatic nitrogens is 1. The zero-order valence-electron chi connectivity index (χ0n) is 16.5. The Bertz CT molecular complexity index is 823. The first kappa shape index (κ1) is 20.3. The average Bonchev–Trinajstić information content (AvgIpc) is 2.71. The fourth-order valence-corrected chi connectivity index (χ4v) is 4.00. The van der Waals surface area contributed by atoms with Crippen LogP contribution in [0.25, 0.3) is 11.1 Å². The third kappa shape index (κ3) is 5.35. The second-order valence-corrected chi connectivity index (χ2v) is 8.49. The van der Waals surface area contributed by atoms with Crippen LogP contribution in [0.5, 0.6) is 0 Å². The monoisotopic (exact) mass is 414 g/mol. The van der Waals surface area contributed by atoms with Crippen LogP contribution in [0.2, 0.25) is 5.02 Å². The summed E-state index contributed by atoms with van der Waals surface area (Å²) in [5.74, 6) is 0.501. The molecule has 0 spiro atoms. The minimum absolute atomic E-state index is 0.0446. The Labute approximate surface area is 176 Å². The average molecular weight is 415 g/mol. The maximum atomic E-state index is 12.9. The standard InChI is InChI=1S/C23H27ClN2O3/c24-20-10-8-17(9-11-20)18-12-19(14-25-13-18)23(27)26-21-6-1-2-7-22(21)29-28-15-16-4-3-5-16/h8-14,16,21-22H,1-7,15H2,(H,26,27)/t21-,22-/m1/s1. The molecule has 2 aromatic rings. The quantitative estimate of drug-likeness (QED) is 0.500. The number of nitrogens with one attached hydrogen (secondary N) is 1. The van der Waals surface area contributed by atoms with Crippen molar-refractivity contribution >= 4 is 17.5 Å². The molecular weight excluding hydrogens is 388 g/mol. The number of halogens is 1. The zero-order chi connectivity index (χ0) is 20.1. The predicted octanol–water partition coefficient (Wildman–Crippen LogP) is 5.19. The number of carbonyl (C=O) groups is 1. The third-order valence-corrected chi connectivity index (χ3v) is 6.17. The first-order chi connectivity index (χ1) is 14.2. The van der Waals surface area contributed by atoms with E-state index >= 15 is 0 Å². The molecule has 0 radical (unpaired) electrons. The first-order valence-electron chi connectivity index (χ1n) is 10.5. The van der Waals surface area contributed by atoms with Crippen molar-refractivity contribution in [2.75, 3.05) is 6.61 Å². The SMILES string of the molecule is O=C(N[C@@H]1CCCC[C@H]1OOCC1CCC1)c1cncc(-c2ccc(Cl)cc2)c1. The van der Waals surface area contributed by atoms with E-state index in [2.05, 4.69) is 10.3 Å². The van der Waals surface area contributed by atoms with E-state index in [1.165, 1.54) is 19.3 Å². The minimum atomic E-state index is -0.132. The van der Waals surface area contributed by atoms with Crippen molar-refractivity contribution in [2.45, 2.75) is 57.1 Å². The Morgan fingerprint density at radius 2 is 1.83 bits per heavy atom. The molecule has 6 heteroatoms. The van der Waals surface area contributed by atoms with Crippen LogP contribution in [0, 0.1) is 5.92 Å². The topological polar surface area (TPSA) is 60.5 Å². The summed E-state index contributed by atoms with van der Waals surface area (Å²) in [4.78, 5) is 28.3. The van der Waals surface area contributed by atoms with Crippen LogP contribution in [-0.2, 0) is 9.78 Å². The molecule has 4 rings (SSSR count). The summed E-state index contributed by atoms with van der Waals surface area (Å²) in [6.45, 7) is 0.657. The third-order valence-electron chi connectivity index (χ3n) is 5.92. The molecule has 29 heavy (non-hydrogen) atoms. The molecule has 2 saturated carbocycles. The van der Waals surface area contributed by atoms with Crippen molar-refractivity contribution in [1.82, 2.24) is 10.3 Å². The fraction of sp³-hybridized carbons (Fsp3) is 0.478. The Morgan fingerprint density at radius 1 is 1.03 bits per heavy atom. The highest BCUT2D eigenvalue weighted by molar-refractivity contribution is 6.30. The zero-order valence-corrected chi connectivity index (χ0v) is 17.2. The van der Waals surface area contributed by atoms with Gasteiger partial charge >= 0.3 is 0 Å². The smallest absolute Gasteiger partial charge is 0.253 e. The van der Waals surface area contributed by atoms with E-state index in [9.17, 15) is 4.79 Å². The highest BCUT2D eigenvalue weighted by Crippen LogP contribution is 2.28. The number of nitrogens with zero attached hydrogens (tertiary/aromatic N) is 1. The lowest BCUT2D eigenvalue weighted by molar-refractivity contribution is -0.339. The summed E-state index contributed by atoms with van der Waals surface area (Å²) in [5.41, 5.74) is 2.39. The van der Waals surface area contributed by atoms with Crippen LogP contribution in [0.1, 0.15) is 55.3 Å². The highest BCUT2D eigenvalue weighted by Gasteiger charge is 2.29. The normalized spacial score (nSPS) is 22.1. The second-order valence-electron chi connectivity index (χ2n) is 8.05. The van der Waals surface area contributed by atoms with Gasteiger partial charge in [0.25, 0.3) is 5.91 Å². The summed E-state index contributed by atoms with van der Waals surface area (Å²) >= 11 is 5.97. The van der Waals surface area contributed by atoms with Gasteiger partial charge in [0, 0.05) is 23.0 Å². The van der Waals surface area contributed by atoms with Gasteiger partial charge in [-0.15, -0.1) is 0 Å². The molecule has 154 valence electrons. The van der Waals surface area contributed by atoms with Crippen molar-refractivity contribution in [1.29, 1.82) is 0 Å². The molecule has 0 saturated heterocycles. The molecule has 1 N–H and O–H groups in total. The molecule has 1 amide bonds. The fourth-order valence-electron chi connectivity index (χ4n) is 3.88. The number of amides is 1. The predicted molar refractivity (Wildman–Crippen MR) is 113 cm³/mol. The van der Waals surface area contributed by atoms with Crippen LogP contribution in [0.3, 0.4) is 0 Å². The lowest BCUT2D eigenvalue weighted by atomic mass is 9.86. The lowest BCUT2D eigenvalue weighted by Crippen LogP contribution is -2.46. The molecule has 1 aromatic heterocycles.